The SMILES string of the molecule is O=C1/C(=C/c2nc3c(s2)-c2cc4c(cc2C32CCCCC2)-c2sc(C=C3C(=O)c5ccccc5C3=O)nc2C42CCCCC2)Cc2ccccc21. The van der Waals surface area contributed by atoms with Crippen molar-refractivity contribution in [3.8, 4) is 20.9 Å². The molecule has 3 aromatic carbocycles. The number of allylic oxidation sites excluding steroid dienone is 2. The van der Waals surface area contributed by atoms with Crippen molar-refractivity contribution in [2.45, 2.75) is 81.5 Å². The van der Waals surface area contributed by atoms with Gasteiger partial charge < -0.3 is 0 Å². The van der Waals surface area contributed by atoms with Crippen LogP contribution in [-0.4, -0.2) is 27.3 Å². The highest BCUT2D eigenvalue weighted by atomic mass is 32.1. The van der Waals surface area contributed by atoms with Gasteiger partial charge in [0.1, 0.15) is 10.0 Å². The molecule has 0 N–H and O–H groups in total. The van der Waals surface area contributed by atoms with Gasteiger partial charge in [0.05, 0.1) is 26.7 Å². The Morgan fingerprint density at radius 1 is 0.549 bits per heavy atom. The highest BCUT2D eigenvalue weighted by molar-refractivity contribution is 7.16. The van der Waals surface area contributed by atoms with Crippen molar-refractivity contribution in [2.24, 2.45) is 0 Å². The third-order valence-electron chi connectivity index (χ3n) is 12.7. The predicted molar refractivity (Wildman–Crippen MR) is 202 cm³/mol. The Kier molecular flexibility index (Phi) is 6.32. The van der Waals surface area contributed by atoms with E-state index in [2.05, 4.69) is 24.3 Å². The maximum absolute atomic E-state index is 13.3. The molecular weight excluding hydrogens is 669 g/mol. The van der Waals surface area contributed by atoms with E-state index in [1.165, 1.54) is 63.4 Å². The Hall–Kier alpha value is -4.59. The van der Waals surface area contributed by atoms with Crippen LogP contribution >= 0.6 is 22.7 Å². The van der Waals surface area contributed by atoms with Crippen LogP contribution in [0.25, 0.3) is 33.0 Å². The van der Waals surface area contributed by atoms with E-state index in [1.807, 2.05) is 30.3 Å². The number of hydrogen-bond donors (Lipinski definition) is 0. The van der Waals surface area contributed by atoms with Gasteiger partial charge in [-0.15, -0.1) is 22.7 Å². The zero-order valence-corrected chi connectivity index (χ0v) is 29.8. The second-order valence-electron chi connectivity index (χ2n) is 15.3. The summed E-state index contributed by atoms with van der Waals surface area (Å²) in [6.07, 6.45) is 15.9. The van der Waals surface area contributed by atoms with E-state index in [-0.39, 0.29) is 33.8 Å². The fraction of sp³-hybridized carbons (Fsp3) is 0.295. The van der Waals surface area contributed by atoms with Crippen LogP contribution in [0.15, 0.2) is 71.8 Å². The van der Waals surface area contributed by atoms with Crippen LogP contribution in [0.2, 0.25) is 0 Å². The molecule has 2 heterocycles. The van der Waals surface area contributed by atoms with Crippen molar-refractivity contribution in [2.75, 3.05) is 0 Å². The molecule has 6 aliphatic rings. The third-order valence-corrected chi connectivity index (χ3v) is 14.8. The van der Waals surface area contributed by atoms with Crippen molar-refractivity contribution < 1.29 is 14.4 Å². The molecule has 6 aliphatic carbocycles. The van der Waals surface area contributed by atoms with E-state index in [4.69, 9.17) is 9.97 Å². The number of rotatable bonds is 2. The van der Waals surface area contributed by atoms with Crippen molar-refractivity contribution in [3.05, 3.63) is 127 Å². The number of nitrogens with zero attached hydrogens (tertiary/aromatic N) is 2. The van der Waals surface area contributed by atoms with E-state index in [9.17, 15) is 14.4 Å². The molecular formula is C44H34N2O3S2. The smallest absolute Gasteiger partial charge is 0.197 e. The van der Waals surface area contributed by atoms with Gasteiger partial charge in [-0.1, -0.05) is 87.1 Å². The predicted octanol–water partition coefficient (Wildman–Crippen LogP) is 10.3. The van der Waals surface area contributed by atoms with Crippen LogP contribution < -0.4 is 0 Å². The molecule has 0 unspecified atom stereocenters. The fourth-order valence-corrected chi connectivity index (χ4v) is 12.6. The molecule has 5 nitrogen and oxygen atoms in total. The first-order valence-corrected chi connectivity index (χ1v) is 20.0. The average molecular weight is 703 g/mol. The van der Waals surface area contributed by atoms with Crippen LogP contribution in [0.4, 0.5) is 0 Å². The molecule has 0 aliphatic heterocycles. The zero-order chi connectivity index (χ0) is 34.1. The maximum Gasteiger partial charge on any atom is 0.197 e. The summed E-state index contributed by atoms with van der Waals surface area (Å²) >= 11 is 3.40. The van der Waals surface area contributed by atoms with Gasteiger partial charge in [0.25, 0.3) is 0 Å². The van der Waals surface area contributed by atoms with Gasteiger partial charge in [-0.3, -0.25) is 14.4 Å². The largest absolute Gasteiger partial charge is 0.289 e. The maximum atomic E-state index is 13.3. The molecule has 7 heteroatoms. The highest BCUT2D eigenvalue weighted by Gasteiger charge is 2.52. The number of hydrogen-bond acceptors (Lipinski definition) is 7. The zero-order valence-electron chi connectivity index (χ0n) is 28.1. The van der Waals surface area contributed by atoms with E-state index in [0.29, 0.717) is 17.5 Å². The van der Waals surface area contributed by atoms with Crippen LogP contribution in [-0.2, 0) is 17.3 Å². The number of fused-ring (bicyclic) bond motifs is 12. The first kappa shape index (κ1) is 30.1. The summed E-state index contributed by atoms with van der Waals surface area (Å²) in [7, 11) is 0. The van der Waals surface area contributed by atoms with E-state index < -0.39 is 0 Å². The summed E-state index contributed by atoms with van der Waals surface area (Å²) in [5, 5.41) is 1.69. The molecule has 0 bridgehead atoms. The first-order chi connectivity index (χ1) is 24.9. The monoisotopic (exact) mass is 702 g/mol. The quantitative estimate of drug-likeness (QED) is 0.135. The Bertz CT molecular complexity index is 2440. The fourth-order valence-electron chi connectivity index (χ4n) is 10.3. The molecule has 2 aromatic heterocycles. The number of benzene rings is 3. The van der Waals surface area contributed by atoms with Gasteiger partial charge in [-0.25, -0.2) is 9.97 Å². The standard InChI is InChI=1S/C44H34N2O3S2/c47-36-25(19-24-11-3-4-12-26(24)36)20-34-45-41-39(50-34)29-21-33-30(22-32(29)43(41)15-7-1-8-16-43)40-42(44(33)17-9-2-10-18-44)46-35(51-40)23-31-37(48)27-13-5-6-14-28(27)38(31)49/h3-6,11-14,20-23H,1-2,7-10,15-19H2/b25-20+. The average Bonchev–Trinajstić information content (AvgIpc) is 3.99. The Morgan fingerprint density at radius 2 is 1.04 bits per heavy atom. The number of carbonyl (C=O) groups excluding carboxylic acids is 3. The van der Waals surface area contributed by atoms with Crippen LogP contribution in [0, 0.1) is 0 Å². The summed E-state index contributed by atoms with van der Waals surface area (Å²) < 4.78 is 0. The molecule has 0 saturated heterocycles. The molecule has 11 rings (SSSR count). The molecule has 2 fully saturated rings. The molecule has 0 amide bonds. The third kappa shape index (κ3) is 4.05. The second-order valence-corrected chi connectivity index (χ2v) is 17.3. The number of ketones is 3. The van der Waals surface area contributed by atoms with Crippen LogP contribution in [0.5, 0.6) is 0 Å². The topological polar surface area (TPSA) is 77.0 Å². The van der Waals surface area contributed by atoms with Crippen molar-refractivity contribution in [1.29, 1.82) is 0 Å². The number of thiazole rings is 2. The molecule has 51 heavy (non-hydrogen) atoms. The summed E-state index contributed by atoms with van der Waals surface area (Å²) in [5.74, 6) is -0.275. The van der Waals surface area contributed by atoms with Gasteiger partial charge in [0.15, 0.2) is 17.3 Å². The minimum absolute atomic E-state index is 0.125. The second kappa shape index (κ2) is 10.7. The van der Waals surface area contributed by atoms with Crippen molar-refractivity contribution in [1.82, 2.24) is 9.97 Å². The molecule has 0 radical (unpaired) electrons. The Balaban J connectivity index is 1.05. The number of aromatic nitrogens is 2. The molecule has 250 valence electrons. The van der Waals surface area contributed by atoms with Gasteiger partial charge >= 0.3 is 0 Å². The van der Waals surface area contributed by atoms with E-state index >= 15 is 0 Å². The van der Waals surface area contributed by atoms with Gasteiger partial charge in [0.2, 0.25) is 0 Å². The Labute approximate surface area is 304 Å². The highest BCUT2D eigenvalue weighted by Crippen LogP contribution is 2.63. The summed E-state index contributed by atoms with van der Waals surface area (Å²) in [6, 6.07) is 20.1. The normalized spacial score (nSPS) is 20.9. The van der Waals surface area contributed by atoms with Gasteiger partial charge in [-0.2, -0.15) is 0 Å². The van der Waals surface area contributed by atoms with Gasteiger partial charge in [0, 0.05) is 39.5 Å². The lowest BCUT2D eigenvalue weighted by molar-refractivity contribution is 0.0988. The van der Waals surface area contributed by atoms with Crippen molar-refractivity contribution >= 4 is 52.2 Å². The summed E-state index contributed by atoms with van der Waals surface area (Å²) in [5.41, 5.74) is 11.4. The van der Waals surface area contributed by atoms with E-state index in [0.717, 1.165) is 70.9 Å². The summed E-state index contributed by atoms with van der Waals surface area (Å²) in [6.45, 7) is 0. The number of carbonyl (C=O) groups is 3. The molecule has 0 atom stereocenters. The summed E-state index contributed by atoms with van der Waals surface area (Å²) in [4.78, 5) is 53.1. The lowest BCUT2D eigenvalue weighted by Gasteiger charge is -2.36. The lowest BCUT2D eigenvalue weighted by Crippen LogP contribution is -2.30. The Morgan fingerprint density at radius 3 is 1.57 bits per heavy atom. The first-order valence-electron chi connectivity index (χ1n) is 18.4. The van der Waals surface area contributed by atoms with Gasteiger partial charge in [-0.05, 0) is 77.8 Å². The molecule has 2 saturated carbocycles. The van der Waals surface area contributed by atoms with Crippen LogP contribution in [0.3, 0.4) is 0 Å². The van der Waals surface area contributed by atoms with Crippen LogP contribution in [0.1, 0.15) is 133 Å². The van der Waals surface area contributed by atoms with E-state index in [1.54, 1.807) is 40.9 Å². The van der Waals surface area contributed by atoms with Crippen molar-refractivity contribution in [3.63, 3.8) is 0 Å². The lowest BCUT2D eigenvalue weighted by atomic mass is 9.67. The minimum atomic E-state index is -0.203. The molecule has 2 spiro atoms. The molecule has 5 aromatic rings. The minimum Gasteiger partial charge on any atom is -0.289 e. The number of Topliss-reactive ketones (excluding diaryl/α,β-unsaturated/α-hetero) is 3.